The second kappa shape index (κ2) is 4.89. The Balaban J connectivity index is 2.75. The van der Waals surface area contributed by atoms with E-state index in [0.29, 0.717) is 12.2 Å². The molecule has 0 aliphatic heterocycles. The van der Waals surface area contributed by atoms with E-state index in [-0.39, 0.29) is 11.9 Å². The highest BCUT2D eigenvalue weighted by Crippen LogP contribution is 2.11. The van der Waals surface area contributed by atoms with E-state index in [1.165, 1.54) is 6.92 Å². The molecule has 1 rings (SSSR count). The second-order valence-electron chi connectivity index (χ2n) is 3.69. The van der Waals surface area contributed by atoms with Gasteiger partial charge in [-0.05, 0) is 19.1 Å². The smallest absolute Gasteiger partial charge is 0.178 e. The first kappa shape index (κ1) is 11.7. The number of aliphatic hydroxyl groups is 1. The Labute approximate surface area is 89.6 Å². The Morgan fingerprint density at radius 1 is 1.60 bits per heavy atom. The van der Waals surface area contributed by atoms with Crippen LogP contribution in [0.1, 0.15) is 24.3 Å². The fraction of sp³-hybridized carbons (Fsp3) is 0.455. The lowest BCUT2D eigenvalue weighted by molar-refractivity contribution is 0.101. The van der Waals surface area contributed by atoms with E-state index in [1.54, 1.807) is 19.2 Å². The average molecular weight is 208 g/mol. The first-order valence-electron chi connectivity index (χ1n) is 4.87. The number of nitrogens with zero attached hydrogens (tertiary/aromatic N) is 2. The molecule has 0 amide bonds. The number of likely N-dealkylation sites (N-methyl/N-ethyl adjacent to an activating group) is 1. The molecule has 0 radical (unpaired) electrons. The van der Waals surface area contributed by atoms with E-state index in [4.69, 9.17) is 0 Å². The third kappa shape index (κ3) is 3.32. The number of anilines is 1. The van der Waals surface area contributed by atoms with Crippen LogP contribution in [0.25, 0.3) is 0 Å². The van der Waals surface area contributed by atoms with Crippen molar-refractivity contribution in [3.8, 4) is 0 Å². The van der Waals surface area contributed by atoms with Crippen molar-refractivity contribution >= 4 is 11.5 Å². The maximum absolute atomic E-state index is 11.0. The topological polar surface area (TPSA) is 53.4 Å². The minimum Gasteiger partial charge on any atom is -0.392 e. The average Bonchev–Trinajstić information content (AvgIpc) is 2.17. The van der Waals surface area contributed by atoms with Crippen molar-refractivity contribution in [1.82, 2.24) is 4.98 Å². The molecular weight excluding hydrogens is 192 g/mol. The molecule has 1 atom stereocenters. The monoisotopic (exact) mass is 208 g/mol. The summed E-state index contributed by atoms with van der Waals surface area (Å²) < 4.78 is 0. The standard InChI is InChI=1S/C11H16N2O2/c1-8(14)7-13(3)10-4-5-11(9(2)15)12-6-10/h4-6,8,14H,7H2,1-3H3. The summed E-state index contributed by atoms with van der Waals surface area (Å²) in [4.78, 5) is 16.9. The third-order valence-electron chi connectivity index (χ3n) is 2.09. The molecule has 1 aromatic rings. The molecule has 1 unspecified atom stereocenters. The Bertz CT molecular complexity index is 333. The molecule has 1 heterocycles. The Morgan fingerprint density at radius 3 is 2.67 bits per heavy atom. The van der Waals surface area contributed by atoms with Gasteiger partial charge >= 0.3 is 0 Å². The van der Waals surface area contributed by atoms with Crippen molar-refractivity contribution in [3.05, 3.63) is 24.0 Å². The molecule has 0 spiro atoms. The SMILES string of the molecule is CC(=O)c1ccc(N(C)CC(C)O)cn1. The van der Waals surface area contributed by atoms with Crippen molar-refractivity contribution in [3.63, 3.8) is 0 Å². The number of hydrogen-bond acceptors (Lipinski definition) is 4. The van der Waals surface area contributed by atoms with E-state index in [9.17, 15) is 9.90 Å². The number of carbonyl (C=O) groups excluding carboxylic acids is 1. The van der Waals surface area contributed by atoms with Gasteiger partial charge in [-0.3, -0.25) is 9.78 Å². The quantitative estimate of drug-likeness (QED) is 0.753. The van der Waals surface area contributed by atoms with Crippen LogP contribution in [-0.2, 0) is 0 Å². The molecule has 15 heavy (non-hydrogen) atoms. The summed E-state index contributed by atoms with van der Waals surface area (Å²) in [5.41, 5.74) is 1.35. The van der Waals surface area contributed by atoms with Crippen molar-refractivity contribution in [2.45, 2.75) is 20.0 Å². The van der Waals surface area contributed by atoms with Gasteiger partial charge in [0.2, 0.25) is 0 Å². The van der Waals surface area contributed by atoms with Crippen LogP contribution < -0.4 is 4.90 Å². The first-order valence-corrected chi connectivity index (χ1v) is 4.87. The molecule has 82 valence electrons. The minimum atomic E-state index is -0.387. The van der Waals surface area contributed by atoms with E-state index in [2.05, 4.69) is 4.98 Å². The normalized spacial score (nSPS) is 12.3. The van der Waals surface area contributed by atoms with Crippen LogP contribution in [0.2, 0.25) is 0 Å². The highest BCUT2D eigenvalue weighted by atomic mass is 16.3. The van der Waals surface area contributed by atoms with Gasteiger partial charge in [0.25, 0.3) is 0 Å². The number of Topliss-reactive ketones (excluding diaryl/α,β-unsaturated/α-hetero) is 1. The van der Waals surface area contributed by atoms with Gasteiger partial charge in [0.05, 0.1) is 18.0 Å². The fourth-order valence-corrected chi connectivity index (χ4v) is 1.32. The number of carbonyl (C=O) groups is 1. The molecular formula is C11H16N2O2. The molecule has 4 nitrogen and oxygen atoms in total. The van der Waals surface area contributed by atoms with Gasteiger partial charge in [-0.1, -0.05) is 0 Å². The maximum Gasteiger partial charge on any atom is 0.178 e. The molecule has 1 aromatic heterocycles. The molecule has 0 aliphatic rings. The number of pyridine rings is 1. The van der Waals surface area contributed by atoms with Gasteiger partial charge in [0.15, 0.2) is 5.78 Å². The lowest BCUT2D eigenvalue weighted by Crippen LogP contribution is -2.26. The second-order valence-corrected chi connectivity index (χ2v) is 3.69. The predicted molar refractivity (Wildman–Crippen MR) is 59.2 cm³/mol. The van der Waals surface area contributed by atoms with Crippen LogP contribution in [-0.4, -0.2) is 35.6 Å². The maximum atomic E-state index is 11.0. The molecule has 0 fully saturated rings. The van der Waals surface area contributed by atoms with Gasteiger partial charge in [-0.2, -0.15) is 0 Å². The molecule has 0 aromatic carbocycles. The van der Waals surface area contributed by atoms with Crippen molar-refractivity contribution in [2.24, 2.45) is 0 Å². The highest BCUT2D eigenvalue weighted by molar-refractivity contribution is 5.92. The Kier molecular flexibility index (Phi) is 3.80. The van der Waals surface area contributed by atoms with Crippen LogP contribution in [0.3, 0.4) is 0 Å². The third-order valence-corrected chi connectivity index (χ3v) is 2.09. The van der Waals surface area contributed by atoms with Crippen LogP contribution >= 0.6 is 0 Å². The van der Waals surface area contributed by atoms with E-state index < -0.39 is 0 Å². The minimum absolute atomic E-state index is 0.0419. The van der Waals surface area contributed by atoms with Crippen molar-refractivity contribution in [2.75, 3.05) is 18.5 Å². The number of ketones is 1. The van der Waals surface area contributed by atoms with Crippen molar-refractivity contribution < 1.29 is 9.90 Å². The lowest BCUT2D eigenvalue weighted by atomic mass is 10.2. The molecule has 0 saturated carbocycles. The molecule has 0 aliphatic carbocycles. The summed E-state index contributed by atoms with van der Waals surface area (Å²) in [5, 5.41) is 9.21. The summed E-state index contributed by atoms with van der Waals surface area (Å²) in [5.74, 6) is -0.0419. The zero-order chi connectivity index (χ0) is 11.4. The molecule has 4 heteroatoms. The van der Waals surface area contributed by atoms with E-state index >= 15 is 0 Å². The van der Waals surface area contributed by atoms with Crippen molar-refractivity contribution in [1.29, 1.82) is 0 Å². The fourth-order valence-electron chi connectivity index (χ4n) is 1.32. The van der Waals surface area contributed by atoms with Crippen LogP contribution in [0.15, 0.2) is 18.3 Å². The highest BCUT2D eigenvalue weighted by Gasteiger charge is 2.06. The summed E-state index contributed by atoms with van der Waals surface area (Å²) in [6.45, 7) is 3.76. The van der Waals surface area contributed by atoms with Gasteiger partial charge < -0.3 is 10.0 Å². The Morgan fingerprint density at radius 2 is 2.27 bits per heavy atom. The van der Waals surface area contributed by atoms with Gasteiger partial charge in [0, 0.05) is 20.5 Å². The summed E-state index contributed by atoms with van der Waals surface area (Å²) >= 11 is 0. The zero-order valence-corrected chi connectivity index (χ0v) is 9.27. The molecule has 1 N–H and O–H groups in total. The van der Waals surface area contributed by atoms with Crippen LogP contribution in [0, 0.1) is 0 Å². The summed E-state index contributed by atoms with van der Waals surface area (Å²) in [6.07, 6.45) is 1.25. The zero-order valence-electron chi connectivity index (χ0n) is 9.27. The van der Waals surface area contributed by atoms with Gasteiger partial charge in [0.1, 0.15) is 5.69 Å². The summed E-state index contributed by atoms with van der Waals surface area (Å²) in [6, 6.07) is 3.52. The van der Waals surface area contributed by atoms with Crippen LogP contribution in [0.4, 0.5) is 5.69 Å². The number of rotatable bonds is 4. The van der Waals surface area contributed by atoms with E-state index in [0.717, 1.165) is 5.69 Å². The first-order chi connectivity index (χ1) is 7.00. The predicted octanol–water partition coefficient (Wildman–Crippen LogP) is 1.10. The Hall–Kier alpha value is -1.42. The number of hydrogen-bond donors (Lipinski definition) is 1. The van der Waals surface area contributed by atoms with Gasteiger partial charge in [-0.15, -0.1) is 0 Å². The molecule has 0 bridgehead atoms. The summed E-state index contributed by atoms with van der Waals surface area (Å²) in [7, 11) is 1.87. The lowest BCUT2D eigenvalue weighted by Gasteiger charge is -2.20. The van der Waals surface area contributed by atoms with E-state index in [1.807, 2.05) is 18.0 Å². The number of aliphatic hydroxyl groups excluding tert-OH is 1. The largest absolute Gasteiger partial charge is 0.392 e. The van der Waals surface area contributed by atoms with Crippen LogP contribution in [0.5, 0.6) is 0 Å². The number of aromatic nitrogens is 1. The molecule has 0 saturated heterocycles. The van der Waals surface area contributed by atoms with Gasteiger partial charge in [-0.25, -0.2) is 0 Å².